The fourth-order valence-electron chi connectivity index (χ4n) is 1.42. The van der Waals surface area contributed by atoms with Crippen molar-refractivity contribution in [1.82, 2.24) is 14.8 Å². The first-order valence-corrected chi connectivity index (χ1v) is 5.34. The lowest BCUT2D eigenvalue weighted by Gasteiger charge is -2.05. The first-order valence-electron chi connectivity index (χ1n) is 5.34. The van der Waals surface area contributed by atoms with Crippen molar-refractivity contribution in [3.05, 3.63) is 42.0 Å². The van der Waals surface area contributed by atoms with Crippen LogP contribution >= 0.6 is 0 Å². The van der Waals surface area contributed by atoms with Crippen molar-refractivity contribution >= 4 is 0 Å². The number of ether oxygens (including phenoxy) is 1. The summed E-state index contributed by atoms with van der Waals surface area (Å²) < 4.78 is 7.32. The molecule has 0 atom stereocenters. The van der Waals surface area contributed by atoms with Crippen molar-refractivity contribution in [2.45, 2.75) is 20.0 Å². The lowest BCUT2D eigenvalue weighted by atomic mass is 10.2. The molecule has 0 radical (unpaired) electrons. The summed E-state index contributed by atoms with van der Waals surface area (Å²) in [6.45, 7) is 2.58. The number of hydrogen-bond acceptors (Lipinski definition) is 3. The Balaban J connectivity index is 1.97. The van der Waals surface area contributed by atoms with Crippen LogP contribution in [0.3, 0.4) is 0 Å². The molecule has 0 fully saturated rings. The zero-order valence-corrected chi connectivity index (χ0v) is 9.55. The van der Waals surface area contributed by atoms with Crippen LogP contribution in [-0.2, 0) is 20.1 Å². The Morgan fingerprint density at radius 2 is 2.00 bits per heavy atom. The van der Waals surface area contributed by atoms with Gasteiger partial charge >= 0.3 is 0 Å². The van der Waals surface area contributed by atoms with Crippen LogP contribution in [0.2, 0.25) is 0 Å². The second-order valence-corrected chi connectivity index (χ2v) is 3.59. The molecule has 16 heavy (non-hydrogen) atoms. The van der Waals surface area contributed by atoms with Gasteiger partial charge in [-0.15, -0.1) is 0 Å². The number of hydrogen-bond donors (Lipinski definition) is 0. The first kappa shape index (κ1) is 10.7. The molecule has 0 unspecified atom stereocenters. The summed E-state index contributed by atoms with van der Waals surface area (Å²) >= 11 is 0. The molecule has 1 aromatic carbocycles. The lowest BCUT2D eigenvalue weighted by Crippen LogP contribution is -2.04. The SMILES string of the molecule is CCc1ccc(OCc2ncnn2C)cc1. The molecular weight excluding hydrogens is 202 g/mol. The van der Waals surface area contributed by atoms with E-state index >= 15 is 0 Å². The summed E-state index contributed by atoms with van der Waals surface area (Å²) in [7, 11) is 1.85. The average Bonchev–Trinajstić information content (AvgIpc) is 2.73. The van der Waals surface area contributed by atoms with Gasteiger partial charge in [-0.3, -0.25) is 4.68 Å². The molecule has 1 aromatic heterocycles. The van der Waals surface area contributed by atoms with E-state index in [0.29, 0.717) is 6.61 Å². The van der Waals surface area contributed by atoms with Crippen LogP contribution in [-0.4, -0.2) is 14.8 Å². The minimum Gasteiger partial charge on any atom is -0.486 e. The fourth-order valence-corrected chi connectivity index (χ4v) is 1.42. The monoisotopic (exact) mass is 217 g/mol. The Morgan fingerprint density at radius 3 is 2.56 bits per heavy atom. The molecule has 2 rings (SSSR count). The van der Waals surface area contributed by atoms with Crippen LogP contribution in [0.5, 0.6) is 5.75 Å². The number of aryl methyl sites for hydroxylation is 2. The van der Waals surface area contributed by atoms with E-state index in [-0.39, 0.29) is 0 Å². The van der Waals surface area contributed by atoms with E-state index in [9.17, 15) is 0 Å². The smallest absolute Gasteiger partial charge is 0.164 e. The third-order valence-corrected chi connectivity index (χ3v) is 2.50. The highest BCUT2D eigenvalue weighted by atomic mass is 16.5. The van der Waals surface area contributed by atoms with Crippen LogP contribution in [0.1, 0.15) is 18.3 Å². The molecular formula is C12H15N3O. The molecule has 0 bridgehead atoms. The van der Waals surface area contributed by atoms with Gasteiger partial charge < -0.3 is 4.74 Å². The van der Waals surface area contributed by atoms with Crippen LogP contribution in [0.15, 0.2) is 30.6 Å². The summed E-state index contributed by atoms with van der Waals surface area (Å²) in [5.74, 6) is 1.68. The quantitative estimate of drug-likeness (QED) is 0.786. The van der Waals surface area contributed by atoms with Crippen molar-refractivity contribution in [1.29, 1.82) is 0 Å². The van der Waals surface area contributed by atoms with Gasteiger partial charge in [0.05, 0.1) is 0 Å². The lowest BCUT2D eigenvalue weighted by molar-refractivity contribution is 0.289. The van der Waals surface area contributed by atoms with E-state index in [1.165, 1.54) is 11.9 Å². The minimum absolute atomic E-state index is 0.446. The Hall–Kier alpha value is -1.84. The van der Waals surface area contributed by atoms with Gasteiger partial charge in [0.25, 0.3) is 0 Å². The average molecular weight is 217 g/mol. The summed E-state index contributed by atoms with van der Waals surface area (Å²) in [4.78, 5) is 4.09. The van der Waals surface area contributed by atoms with Crippen molar-refractivity contribution in [3.8, 4) is 5.75 Å². The Labute approximate surface area is 94.9 Å². The van der Waals surface area contributed by atoms with E-state index in [4.69, 9.17) is 4.74 Å². The number of rotatable bonds is 4. The first-order chi connectivity index (χ1) is 7.79. The number of benzene rings is 1. The molecule has 0 aliphatic heterocycles. The normalized spacial score (nSPS) is 10.4. The molecule has 0 amide bonds. The number of nitrogens with zero attached hydrogens (tertiary/aromatic N) is 3. The fraction of sp³-hybridized carbons (Fsp3) is 0.333. The predicted octanol–water partition coefficient (Wildman–Crippen LogP) is 1.96. The highest BCUT2D eigenvalue weighted by Gasteiger charge is 2.01. The Morgan fingerprint density at radius 1 is 1.25 bits per heavy atom. The second kappa shape index (κ2) is 4.79. The van der Waals surface area contributed by atoms with Crippen molar-refractivity contribution < 1.29 is 4.74 Å². The van der Waals surface area contributed by atoms with E-state index < -0.39 is 0 Å². The number of aromatic nitrogens is 3. The van der Waals surface area contributed by atoms with Gasteiger partial charge in [0, 0.05) is 7.05 Å². The Bertz CT molecular complexity index is 448. The van der Waals surface area contributed by atoms with Gasteiger partial charge in [0.15, 0.2) is 5.82 Å². The predicted molar refractivity (Wildman–Crippen MR) is 61.2 cm³/mol. The summed E-state index contributed by atoms with van der Waals surface area (Å²) in [6, 6.07) is 8.11. The van der Waals surface area contributed by atoms with Crippen molar-refractivity contribution in [2.75, 3.05) is 0 Å². The maximum atomic E-state index is 5.61. The topological polar surface area (TPSA) is 39.9 Å². The zero-order chi connectivity index (χ0) is 11.4. The molecule has 0 N–H and O–H groups in total. The molecule has 0 saturated heterocycles. The van der Waals surface area contributed by atoms with Gasteiger partial charge in [-0.1, -0.05) is 19.1 Å². The molecule has 0 aliphatic rings. The molecule has 0 aliphatic carbocycles. The summed E-state index contributed by atoms with van der Waals surface area (Å²) in [5, 5.41) is 3.98. The molecule has 2 aromatic rings. The van der Waals surface area contributed by atoms with Crippen molar-refractivity contribution in [3.63, 3.8) is 0 Å². The maximum absolute atomic E-state index is 5.61. The van der Waals surface area contributed by atoms with Gasteiger partial charge in [0.2, 0.25) is 0 Å². The largest absolute Gasteiger partial charge is 0.486 e. The van der Waals surface area contributed by atoms with Gasteiger partial charge in [-0.05, 0) is 24.1 Å². The van der Waals surface area contributed by atoms with E-state index in [1.807, 2.05) is 19.2 Å². The van der Waals surface area contributed by atoms with Gasteiger partial charge in [-0.25, -0.2) is 4.98 Å². The van der Waals surface area contributed by atoms with E-state index in [0.717, 1.165) is 18.0 Å². The molecule has 4 heteroatoms. The van der Waals surface area contributed by atoms with Crippen molar-refractivity contribution in [2.24, 2.45) is 7.05 Å². The van der Waals surface area contributed by atoms with Crippen LogP contribution in [0, 0.1) is 0 Å². The van der Waals surface area contributed by atoms with Gasteiger partial charge in [0.1, 0.15) is 18.7 Å². The Kier molecular flexibility index (Phi) is 3.19. The summed E-state index contributed by atoms with van der Waals surface area (Å²) in [5.41, 5.74) is 1.31. The minimum atomic E-state index is 0.446. The second-order valence-electron chi connectivity index (χ2n) is 3.59. The molecule has 0 spiro atoms. The third-order valence-electron chi connectivity index (χ3n) is 2.50. The molecule has 0 saturated carbocycles. The highest BCUT2D eigenvalue weighted by molar-refractivity contribution is 5.27. The standard InChI is InChI=1S/C12H15N3O/c1-3-10-4-6-11(7-5-10)16-8-12-13-9-14-15(12)2/h4-7,9H,3,8H2,1-2H3. The third kappa shape index (κ3) is 2.39. The van der Waals surface area contributed by atoms with Crippen LogP contribution in [0.4, 0.5) is 0 Å². The van der Waals surface area contributed by atoms with E-state index in [2.05, 4.69) is 29.1 Å². The molecule has 4 nitrogen and oxygen atoms in total. The summed E-state index contributed by atoms with van der Waals surface area (Å²) in [6.07, 6.45) is 2.57. The van der Waals surface area contributed by atoms with Gasteiger partial charge in [-0.2, -0.15) is 5.10 Å². The van der Waals surface area contributed by atoms with Crippen LogP contribution < -0.4 is 4.74 Å². The highest BCUT2D eigenvalue weighted by Crippen LogP contribution is 2.13. The maximum Gasteiger partial charge on any atom is 0.164 e. The van der Waals surface area contributed by atoms with E-state index in [1.54, 1.807) is 4.68 Å². The van der Waals surface area contributed by atoms with Crippen LogP contribution in [0.25, 0.3) is 0 Å². The zero-order valence-electron chi connectivity index (χ0n) is 9.55. The molecule has 1 heterocycles. The molecule has 84 valence electrons.